The minimum atomic E-state index is -3.56. The maximum absolute atomic E-state index is 12.8. The first-order valence-corrected chi connectivity index (χ1v) is 9.01. The quantitative estimate of drug-likeness (QED) is 0.886. The summed E-state index contributed by atoms with van der Waals surface area (Å²) in [6.07, 6.45) is 0.829. The van der Waals surface area contributed by atoms with Crippen LogP contribution in [0.1, 0.15) is 26.0 Å². The van der Waals surface area contributed by atoms with Gasteiger partial charge in [0.15, 0.2) is 5.82 Å². The monoisotopic (exact) mass is 318 g/mol. The van der Waals surface area contributed by atoms with Crippen molar-refractivity contribution in [3.8, 4) is 0 Å². The van der Waals surface area contributed by atoms with Gasteiger partial charge in [-0.25, -0.2) is 8.42 Å². The summed E-state index contributed by atoms with van der Waals surface area (Å²) < 4.78 is 28.7. The van der Waals surface area contributed by atoms with E-state index >= 15 is 0 Å². The topological polar surface area (TPSA) is 81.2 Å². The summed E-state index contributed by atoms with van der Waals surface area (Å²) in [6.45, 7) is 7.07. The van der Waals surface area contributed by atoms with Crippen LogP contribution in [0.5, 0.6) is 0 Å². The average molecular weight is 318 g/mol. The largest absolute Gasteiger partial charge is 0.381 e. The van der Waals surface area contributed by atoms with Crippen molar-refractivity contribution in [2.45, 2.75) is 36.8 Å². The van der Waals surface area contributed by atoms with Gasteiger partial charge in [-0.3, -0.25) is 4.68 Å². The Balaban J connectivity index is 2.35. The Hall–Kier alpha value is -0.730. The fourth-order valence-corrected chi connectivity index (χ4v) is 5.25. The van der Waals surface area contributed by atoms with E-state index < -0.39 is 10.0 Å². The van der Waals surface area contributed by atoms with Crippen molar-refractivity contribution in [1.29, 1.82) is 0 Å². The van der Waals surface area contributed by atoms with E-state index in [2.05, 4.69) is 18.9 Å². The molecule has 2 heterocycles. The number of nitrogen functional groups attached to an aromatic ring is 1. The van der Waals surface area contributed by atoms with Gasteiger partial charge in [0.25, 0.3) is 0 Å². The number of hydrogen-bond acceptors (Lipinski definition) is 5. The first kappa shape index (κ1) is 15.7. The Bertz CT molecular complexity index is 607. The molecular formula is C12H22N4O2S2. The number of aromatic nitrogens is 2. The molecule has 0 saturated carbocycles. The molecule has 2 rings (SSSR count). The Kier molecular flexibility index (Phi) is 4.10. The maximum atomic E-state index is 12.8. The van der Waals surface area contributed by atoms with E-state index in [1.165, 1.54) is 8.99 Å². The van der Waals surface area contributed by atoms with E-state index in [9.17, 15) is 8.42 Å². The van der Waals surface area contributed by atoms with Crippen LogP contribution < -0.4 is 5.73 Å². The summed E-state index contributed by atoms with van der Waals surface area (Å²) in [5.41, 5.74) is 6.37. The van der Waals surface area contributed by atoms with E-state index in [0.29, 0.717) is 18.8 Å². The van der Waals surface area contributed by atoms with E-state index in [1.807, 2.05) is 11.8 Å². The molecule has 0 bridgehead atoms. The zero-order valence-electron chi connectivity index (χ0n) is 12.4. The maximum Gasteiger partial charge on any atom is 0.248 e. The molecule has 0 spiro atoms. The molecular weight excluding hydrogens is 296 g/mol. The smallest absolute Gasteiger partial charge is 0.248 e. The van der Waals surface area contributed by atoms with E-state index in [-0.39, 0.29) is 15.5 Å². The molecule has 0 unspecified atom stereocenters. The van der Waals surface area contributed by atoms with E-state index in [4.69, 9.17) is 5.73 Å². The van der Waals surface area contributed by atoms with E-state index in [1.54, 1.807) is 14.0 Å². The van der Waals surface area contributed by atoms with Gasteiger partial charge in [-0.05, 0) is 13.3 Å². The summed E-state index contributed by atoms with van der Waals surface area (Å²) in [5.74, 6) is 0.881. The predicted octanol–water partition coefficient (Wildman–Crippen LogP) is 1.22. The molecule has 1 aliphatic rings. The van der Waals surface area contributed by atoms with Gasteiger partial charge in [0, 0.05) is 30.6 Å². The number of hydrogen-bond donors (Lipinski definition) is 1. The molecule has 1 aromatic rings. The summed E-state index contributed by atoms with van der Waals surface area (Å²) in [5, 5.41) is 4.01. The Morgan fingerprint density at radius 3 is 2.55 bits per heavy atom. The van der Waals surface area contributed by atoms with Gasteiger partial charge in [-0.2, -0.15) is 21.2 Å². The van der Waals surface area contributed by atoms with Crippen LogP contribution in [-0.4, -0.2) is 46.1 Å². The van der Waals surface area contributed by atoms with Gasteiger partial charge in [-0.1, -0.05) is 13.8 Å². The minimum absolute atomic E-state index is 0.0844. The molecule has 1 aromatic heterocycles. The van der Waals surface area contributed by atoms with Crippen molar-refractivity contribution >= 4 is 27.6 Å². The van der Waals surface area contributed by atoms with Gasteiger partial charge in [0.05, 0.1) is 5.69 Å². The van der Waals surface area contributed by atoms with Crippen LogP contribution in [0.3, 0.4) is 0 Å². The van der Waals surface area contributed by atoms with Crippen molar-refractivity contribution in [3.05, 3.63) is 5.69 Å². The van der Waals surface area contributed by atoms with Crippen LogP contribution in [0.25, 0.3) is 0 Å². The molecule has 20 heavy (non-hydrogen) atoms. The average Bonchev–Trinajstić information content (AvgIpc) is 2.48. The van der Waals surface area contributed by atoms with Crippen molar-refractivity contribution in [2.75, 3.05) is 24.6 Å². The number of nitrogens with zero attached hydrogens (tertiary/aromatic N) is 3. The van der Waals surface area contributed by atoms with Gasteiger partial charge in [0.2, 0.25) is 10.0 Å². The molecule has 2 N–H and O–H groups in total. The fraction of sp³-hybridized carbons (Fsp3) is 0.750. The third-order valence-electron chi connectivity index (χ3n) is 3.70. The minimum Gasteiger partial charge on any atom is -0.381 e. The van der Waals surface area contributed by atoms with Gasteiger partial charge in [0.1, 0.15) is 4.90 Å². The number of anilines is 1. The van der Waals surface area contributed by atoms with Gasteiger partial charge in [-0.15, -0.1) is 0 Å². The number of sulfonamides is 1. The second-order valence-corrected chi connectivity index (χ2v) is 9.36. The lowest BCUT2D eigenvalue weighted by atomic mass is 10.1. The zero-order valence-corrected chi connectivity index (χ0v) is 14.0. The normalized spacial score (nSPS) is 20.8. The summed E-state index contributed by atoms with van der Waals surface area (Å²) in [4.78, 5) is 0.157. The first-order chi connectivity index (χ1) is 9.15. The van der Waals surface area contributed by atoms with E-state index in [0.717, 1.165) is 12.2 Å². The predicted molar refractivity (Wildman–Crippen MR) is 82.3 cm³/mol. The Morgan fingerprint density at radius 2 is 2.00 bits per heavy atom. The molecule has 6 nitrogen and oxygen atoms in total. The molecule has 1 fully saturated rings. The van der Waals surface area contributed by atoms with Crippen LogP contribution in [-0.2, 0) is 17.1 Å². The lowest BCUT2D eigenvalue weighted by Crippen LogP contribution is -2.34. The highest BCUT2D eigenvalue weighted by atomic mass is 32.2. The Labute approximate surface area is 124 Å². The molecule has 8 heteroatoms. The Morgan fingerprint density at radius 1 is 1.35 bits per heavy atom. The standard InChI is InChI=1S/C12H22N4O2S2/c1-9-10(11(13)14-15(9)4)20(17,18)16-6-5-12(2,3)19-8-7-16/h5-8H2,1-4H3,(H2,13,14). The molecule has 0 amide bonds. The lowest BCUT2D eigenvalue weighted by Gasteiger charge is -2.22. The van der Waals surface area contributed by atoms with Crippen LogP contribution in [0, 0.1) is 6.92 Å². The summed E-state index contributed by atoms with van der Waals surface area (Å²) in [6, 6.07) is 0. The molecule has 0 radical (unpaired) electrons. The van der Waals surface area contributed by atoms with Crippen molar-refractivity contribution in [3.63, 3.8) is 0 Å². The summed E-state index contributed by atoms with van der Waals surface area (Å²) >= 11 is 1.81. The first-order valence-electron chi connectivity index (χ1n) is 6.58. The second kappa shape index (κ2) is 5.23. The highest BCUT2D eigenvalue weighted by Crippen LogP contribution is 2.33. The third kappa shape index (κ3) is 2.82. The van der Waals surface area contributed by atoms with Crippen molar-refractivity contribution in [2.24, 2.45) is 7.05 Å². The van der Waals surface area contributed by atoms with Crippen LogP contribution in [0.2, 0.25) is 0 Å². The van der Waals surface area contributed by atoms with Crippen molar-refractivity contribution < 1.29 is 8.42 Å². The number of thioether (sulfide) groups is 1. The molecule has 1 saturated heterocycles. The van der Waals surface area contributed by atoms with Crippen LogP contribution >= 0.6 is 11.8 Å². The van der Waals surface area contributed by atoms with Gasteiger partial charge >= 0.3 is 0 Å². The summed E-state index contributed by atoms with van der Waals surface area (Å²) in [7, 11) is -1.86. The highest BCUT2D eigenvalue weighted by Gasteiger charge is 2.34. The fourth-order valence-electron chi connectivity index (χ4n) is 2.30. The third-order valence-corrected chi connectivity index (χ3v) is 7.14. The molecule has 0 aromatic carbocycles. The van der Waals surface area contributed by atoms with Crippen molar-refractivity contribution in [1.82, 2.24) is 14.1 Å². The second-order valence-electron chi connectivity index (χ2n) is 5.69. The number of nitrogens with two attached hydrogens (primary N) is 1. The number of rotatable bonds is 2. The lowest BCUT2D eigenvalue weighted by molar-refractivity contribution is 0.415. The van der Waals surface area contributed by atoms with Gasteiger partial charge < -0.3 is 5.73 Å². The van der Waals surface area contributed by atoms with Crippen LogP contribution in [0.15, 0.2) is 4.90 Å². The molecule has 114 valence electrons. The highest BCUT2D eigenvalue weighted by molar-refractivity contribution is 8.00. The molecule has 0 atom stereocenters. The SMILES string of the molecule is Cc1c(S(=O)(=O)N2CCSC(C)(C)CC2)c(N)nn1C. The molecule has 0 aliphatic carbocycles. The van der Waals surface area contributed by atoms with Crippen LogP contribution in [0.4, 0.5) is 5.82 Å². The molecule has 1 aliphatic heterocycles. The zero-order chi connectivity index (χ0) is 15.1. The number of aryl methyl sites for hydroxylation is 1.